The zero-order valence-electron chi connectivity index (χ0n) is 10.7. The van der Waals surface area contributed by atoms with Crippen molar-refractivity contribution >= 4 is 15.9 Å². The molecular weight excluding hydrogens is 288 g/mol. The van der Waals surface area contributed by atoms with Crippen molar-refractivity contribution in [3.63, 3.8) is 0 Å². The summed E-state index contributed by atoms with van der Waals surface area (Å²) in [6.45, 7) is 0.998. The van der Waals surface area contributed by atoms with Crippen LogP contribution in [0, 0.1) is 17.8 Å². The average Bonchev–Trinajstić information content (AvgIpc) is 2.71. The summed E-state index contributed by atoms with van der Waals surface area (Å²) < 4.78 is 1.09. The van der Waals surface area contributed by atoms with E-state index < -0.39 is 0 Å². The largest absolute Gasteiger partial charge is 0.352 e. The van der Waals surface area contributed by atoms with E-state index >= 15 is 0 Å². The predicted octanol–water partition coefficient (Wildman–Crippen LogP) is 3.84. The summed E-state index contributed by atoms with van der Waals surface area (Å²) in [6.07, 6.45) is 8.86. The molecule has 0 atom stereocenters. The lowest BCUT2D eigenvalue weighted by molar-refractivity contribution is -0.0207. The normalized spacial score (nSPS) is 41.5. The summed E-state index contributed by atoms with van der Waals surface area (Å²) in [7, 11) is 0. The number of aromatic amines is 1. The standard InChI is InChI=1S/C15H21BrN2/c16-14-2-1-13(18-14)9-17-15-6-10-3-11(7-15)5-12(4-10)8-15/h1-2,10-12,17-18H,3-9H2. The van der Waals surface area contributed by atoms with Gasteiger partial charge in [-0.2, -0.15) is 0 Å². The first-order valence-electron chi connectivity index (χ1n) is 7.29. The van der Waals surface area contributed by atoms with E-state index in [2.05, 4.69) is 38.4 Å². The van der Waals surface area contributed by atoms with Crippen LogP contribution < -0.4 is 5.32 Å². The van der Waals surface area contributed by atoms with Crippen LogP contribution in [-0.2, 0) is 6.54 Å². The Kier molecular flexibility index (Phi) is 2.63. The number of hydrogen-bond acceptors (Lipinski definition) is 1. The lowest BCUT2D eigenvalue weighted by atomic mass is 9.53. The monoisotopic (exact) mass is 308 g/mol. The van der Waals surface area contributed by atoms with Gasteiger partial charge in [0, 0.05) is 17.8 Å². The van der Waals surface area contributed by atoms with Crippen LogP contribution in [0.25, 0.3) is 0 Å². The highest BCUT2D eigenvalue weighted by molar-refractivity contribution is 9.10. The molecule has 3 heteroatoms. The first-order chi connectivity index (χ1) is 8.71. The molecule has 2 N–H and O–H groups in total. The highest BCUT2D eigenvalue weighted by atomic mass is 79.9. The van der Waals surface area contributed by atoms with Gasteiger partial charge in [-0.3, -0.25) is 0 Å². The smallest absolute Gasteiger partial charge is 0.0822 e. The first-order valence-corrected chi connectivity index (χ1v) is 8.08. The van der Waals surface area contributed by atoms with Gasteiger partial charge in [0.15, 0.2) is 0 Å². The van der Waals surface area contributed by atoms with Crippen LogP contribution in [0.4, 0.5) is 0 Å². The molecule has 5 rings (SSSR count). The number of hydrogen-bond donors (Lipinski definition) is 2. The van der Waals surface area contributed by atoms with Gasteiger partial charge >= 0.3 is 0 Å². The molecule has 4 fully saturated rings. The Morgan fingerprint density at radius 1 is 1.11 bits per heavy atom. The van der Waals surface area contributed by atoms with Crippen LogP contribution >= 0.6 is 15.9 Å². The summed E-state index contributed by atoms with van der Waals surface area (Å²) in [5.41, 5.74) is 1.78. The van der Waals surface area contributed by atoms with E-state index in [0.29, 0.717) is 5.54 Å². The van der Waals surface area contributed by atoms with Gasteiger partial charge in [0.05, 0.1) is 4.60 Å². The van der Waals surface area contributed by atoms with Crippen LogP contribution in [0.1, 0.15) is 44.2 Å². The maximum atomic E-state index is 3.90. The highest BCUT2D eigenvalue weighted by Gasteiger charge is 2.50. The van der Waals surface area contributed by atoms with Gasteiger partial charge in [0.2, 0.25) is 0 Å². The van der Waals surface area contributed by atoms with Gasteiger partial charge in [-0.05, 0) is 84.3 Å². The van der Waals surface area contributed by atoms with E-state index in [-0.39, 0.29) is 0 Å². The van der Waals surface area contributed by atoms with E-state index in [4.69, 9.17) is 0 Å². The molecule has 0 saturated heterocycles. The third-order valence-corrected chi connectivity index (χ3v) is 5.87. The summed E-state index contributed by atoms with van der Waals surface area (Å²) >= 11 is 3.48. The fraction of sp³-hybridized carbons (Fsp3) is 0.733. The van der Waals surface area contributed by atoms with E-state index in [9.17, 15) is 0 Å². The molecule has 18 heavy (non-hydrogen) atoms. The maximum absolute atomic E-state index is 3.90. The average molecular weight is 309 g/mol. The number of halogens is 1. The molecule has 0 amide bonds. The zero-order valence-corrected chi connectivity index (χ0v) is 12.3. The molecule has 0 unspecified atom stereocenters. The second-order valence-corrected chi connectivity index (χ2v) is 7.74. The summed E-state index contributed by atoms with van der Waals surface area (Å²) in [5, 5.41) is 3.90. The van der Waals surface area contributed by atoms with Gasteiger partial charge < -0.3 is 10.3 Å². The van der Waals surface area contributed by atoms with Crippen molar-refractivity contribution in [3.05, 3.63) is 22.4 Å². The molecule has 1 aromatic heterocycles. The summed E-state index contributed by atoms with van der Waals surface area (Å²) in [6, 6.07) is 4.27. The van der Waals surface area contributed by atoms with Gasteiger partial charge in [-0.15, -0.1) is 0 Å². The van der Waals surface area contributed by atoms with Crippen molar-refractivity contribution in [3.8, 4) is 0 Å². The molecule has 4 bridgehead atoms. The number of aromatic nitrogens is 1. The Morgan fingerprint density at radius 2 is 1.72 bits per heavy atom. The highest BCUT2D eigenvalue weighted by Crippen LogP contribution is 2.55. The van der Waals surface area contributed by atoms with Crippen molar-refractivity contribution in [1.82, 2.24) is 10.3 Å². The minimum absolute atomic E-state index is 0.479. The second kappa shape index (κ2) is 4.11. The van der Waals surface area contributed by atoms with E-state index in [0.717, 1.165) is 28.9 Å². The lowest BCUT2D eigenvalue weighted by Gasteiger charge is -2.57. The predicted molar refractivity (Wildman–Crippen MR) is 76.2 cm³/mol. The molecule has 0 spiro atoms. The van der Waals surface area contributed by atoms with Crippen LogP contribution in [0.5, 0.6) is 0 Å². The van der Waals surface area contributed by atoms with E-state index in [1.807, 2.05) is 0 Å². The van der Waals surface area contributed by atoms with Gasteiger partial charge in [-0.25, -0.2) is 0 Å². The first kappa shape index (κ1) is 11.5. The molecule has 0 radical (unpaired) electrons. The summed E-state index contributed by atoms with van der Waals surface area (Å²) in [4.78, 5) is 3.36. The van der Waals surface area contributed by atoms with Crippen LogP contribution in [0.2, 0.25) is 0 Å². The van der Waals surface area contributed by atoms with E-state index in [1.165, 1.54) is 44.2 Å². The SMILES string of the molecule is Brc1ccc(CNC23CC4CC(CC(C4)C2)C3)[nH]1. The molecule has 1 aromatic rings. The number of H-pyrrole nitrogens is 1. The molecule has 0 aromatic carbocycles. The topological polar surface area (TPSA) is 27.8 Å². The van der Waals surface area contributed by atoms with Gasteiger partial charge in [0.1, 0.15) is 0 Å². The maximum Gasteiger partial charge on any atom is 0.0822 e. The third kappa shape index (κ3) is 1.96. The molecular formula is C15H21BrN2. The van der Waals surface area contributed by atoms with E-state index in [1.54, 1.807) is 0 Å². The summed E-state index contributed by atoms with van der Waals surface area (Å²) in [5.74, 6) is 3.08. The third-order valence-electron chi connectivity index (χ3n) is 5.40. The molecule has 2 nitrogen and oxygen atoms in total. The van der Waals surface area contributed by atoms with Crippen molar-refractivity contribution in [1.29, 1.82) is 0 Å². The molecule has 98 valence electrons. The quantitative estimate of drug-likeness (QED) is 0.872. The Balaban J connectivity index is 1.47. The molecule has 1 heterocycles. The molecule has 4 saturated carbocycles. The Labute approximate surface area is 117 Å². The van der Waals surface area contributed by atoms with Crippen molar-refractivity contribution in [2.24, 2.45) is 17.8 Å². The van der Waals surface area contributed by atoms with Crippen LogP contribution in [0.3, 0.4) is 0 Å². The Bertz CT molecular complexity index is 416. The number of nitrogens with one attached hydrogen (secondary N) is 2. The molecule has 0 aliphatic heterocycles. The lowest BCUT2D eigenvalue weighted by Crippen LogP contribution is -2.58. The Hall–Kier alpha value is -0.280. The number of rotatable bonds is 3. The van der Waals surface area contributed by atoms with Crippen LogP contribution in [0.15, 0.2) is 16.7 Å². The second-order valence-electron chi connectivity index (χ2n) is 6.88. The van der Waals surface area contributed by atoms with Crippen molar-refractivity contribution < 1.29 is 0 Å². The zero-order chi connectivity index (χ0) is 12.2. The van der Waals surface area contributed by atoms with Crippen molar-refractivity contribution in [2.45, 2.75) is 50.6 Å². The van der Waals surface area contributed by atoms with Gasteiger partial charge in [0.25, 0.3) is 0 Å². The van der Waals surface area contributed by atoms with Crippen LogP contribution in [-0.4, -0.2) is 10.5 Å². The minimum atomic E-state index is 0.479. The molecule has 4 aliphatic rings. The van der Waals surface area contributed by atoms with Crippen molar-refractivity contribution in [2.75, 3.05) is 0 Å². The minimum Gasteiger partial charge on any atom is -0.352 e. The Morgan fingerprint density at radius 3 is 2.22 bits per heavy atom. The fourth-order valence-corrected chi connectivity index (χ4v) is 5.51. The molecule has 4 aliphatic carbocycles. The fourth-order valence-electron chi connectivity index (χ4n) is 5.12. The van der Waals surface area contributed by atoms with Gasteiger partial charge in [-0.1, -0.05) is 0 Å².